The molecule has 1 nitrogen and oxygen atoms in total. The van der Waals surface area contributed by atoms with Crippen molar-refractivity contribution in [1.29, 1.82) is 0 Å². The zero-order valence-corrected chi connectivity index (χ0v) is 8.03. The Morgan fingerprint density at radius 3 is 2.67 bits per heavy atom. The van der Waals surface area contributed by atoms with Crippen molar-refractivity contribution in [2.24, 2.45) is 0 Å². The lowest BCUT2D eigenvalue weighted by Crippen LogP contribution is -2.13. The fraction of sp³-hybridized carbons (Fsp3) is 0.250. The summed E-state index contributed by atoms with van der Waals surface area (Å²) in [4.78, 5) is 1.76. The number of benzene rings is 1. The molecule has 0 saturated heterocycles. The number of hydrogen-bond donors (Lipinski definition) is 0. The van der Waals surface area contributed by atoms with E-state index in [4.69, 9.17) is 23.2 Å². The molecule has 1 rings (SSSR count). The number of alkyl halides is 1. The molecule has 0 unspecified atom stereocenters. The molecule has 0 aliphatic heterocycles. The second-order valence-electron chi connectivity index (χ2n) is 2.42. The van der Waals surface area contributed by atoms with Crippen LogP contribution in [0.2, 0.25) is 5.02 Å². The van der Waals surface area contributed by atoms with Crippen molar-refractivity contribution in [2.75, 3.05) is 18.0 Å². The van der Waals surface area contributed by atoms with Crippen molar-refractivity contribution in [3.05, 3.63) is 29.0 Å². The van der Waals surface area contributed by atoms with Crippen LogP contribution in [0.5, 0.6) is 0 Å². The summed E-state index contributed by atoms with van der Waals surface area (Å²) in [5.74, 6) is -0.414. The van der Waals surface area contributed by atoms with Gasteiger partial charge in [0.2, 0.25) is 0 Å². The topological polar surface area (TPSA) is 3.24 Å². The molecule has 0 heterocycles. The Morgan fingerprint density at radius 1 is 1.50 bits per heavy atom. The molecule has 0 saturated carbocycles. The van der Waals surface area contributed by atoms with Gasteiger partial charge in [0.1, 0.15) is 5.82 Å². The molecular weight excluding hydrogens is 200 g/mol. The van der Waals surface area contributed by atoms with Crippen LogP contribution < -0.4 is 4.90 Å². The maximum absolute atomic E-state index is 12.7. The minimum atomic E-state index is -0.414. The molecule has 0 bridgehead atoms. The average Bonchev–Trinajstić information content (AvgIpc) is 2.08. The summed E-state index contributed by atoms with van der Waals surface area (Å²) in [7, 11) is 1.80. The molecule has 0 aromatic heterocycles. The Kier molecular flexibility index (Phi) is 3.18. The van der Waals surface area contributed by atoms with Gasteiger partial charge in [0.15, 0.2) is 0 Å². The van der Waals surface area contributed by atoms with E-state index in [9.17, 15) is 4.39 Å². The predicted octanol–water partition coefficient (Wildman–Crippen LogP) is 3.11. The molecule has 66 valence electrons. The number of anilines is 1. The quantitative estimate of drug-likeness (QED) is 0.533. The fourth-order valence-electron chi connectivity index (χ4n) is 0.791. The largest absolute Gasteiger partial charge is 0.361 e. The smallest absolute Gasteiger partial charge is 0.141 e. The standard InChI is InChI=1S/C8H8Cl2FN/c1-12(5-9)6-2-3-8(11)7(10)4-6/h2-4H,5H2,1H3. The van der Waals surface area contributed by atoms with Gasteiger partial charge in [0.25, 0.3) is 0 Å². The number of nitrogens with zero attached hydrogens (tertiary/aromatic N) is 1. The van der Waals surface area contributed by atoms with Crippen LogP contribution in [0.4, 0.5) is 10.1 Å². The Hall–Kier alpha value is -0.470. The molecule has 1 aromatic carbocycles. The van der Waals surface area contributed by atoms with E-state index in [0.29, 0.717) is 6.00 Å². The summed E-state index contributed by atoms with van der Waals surface area (Å²) in [6.07, 6.45) is 0. The summed E-state index contributed by atoms with van der Waals surface area (Å²) in [6.45, 7) is 0. The van der Waals surface area contributed by atoms with Crippen molar-refractivity contribution in [3.63, 3.8) is 0 Å². The average molecular weight is 208 g/mol. The second kappa shape index (κ2) is 3.97. The molecule has 0 fully saturated rings. The van der Waals surface area contributed by atoms with Crippen LogP contribution in [0.15, 0.2) is 18.2 Å². The minimum absolute atomic E-state index is 0.115. The Labute approximate surface area is 80.7 Å². The molecule has 1 aromatic rings. The van der Waals surface area contributed by atoms with Crippen LogP contribution in [-0.4, -0.2) is 13.1 Å². The van der Waals surface area contributed by atoms with Gasteiger partial charge in [-0.1, -0.05) is 11.6 Å². The highest BCUT2D eigenvalue weighted by Crippen LogP contribution is 2.21. The lowest BCUT2D eigenvalue weighted by molar-refractivity contribution is 0.628. The van der Waals surface area contributed by atoms with E-state index < -0.39 is 5.82 Å². The molecule has 4 heteroatoms. The summed E-state index contributed by atoms with van der Waals surface area (Å²) in [5, 5.41) is 0.115. The third kappa shape index (κ3) is 2.02. The minimum Gasteiger partial charge on any atom is -0.361 e. The van der Waals surface area contributed by atoms with Gasteiger partial charge < -0.3 is 4.90 Å². The number of halogens is 3. The number of hydrogen-bond acceptors (Lipinski definition) is 1. The van der Waals surface area contributed by atoms with Crippen LogP contribution in [0, 0.1) is 5.82 Å². The molecule has 0 amide bonds. The molecule has 0 spiro atoms. The Morgan fingerprint density at radius 2 is 2.17 bits per heavy atom. The summed E-state index contributed by atoms with van der Waals surface area (Å²) >= 11 is 11.1. The van der Waals surface area contributed by atoms with Crippen LogP contribution in [-0.2, 0) is 0 Å². The molecule has 12 heavy (non-hydrogen) atoms. The molecule has 0 N–H and O–H groups in total. The molecule has 0 aliphatic carbocycles. The van der Waals surface area contributed by atoms with Gasteiger partial charge in [-0.15, -0.1) is 11.6 Å². The Balaban J connectivity index is 2.96. The van der Waals surface area contributed by atoms with E-state index in [-0.39, 0.29) is 5.02 Å². The highest BCUT2D eigenvalue weighted by atomic mass is 35.5. The monoisotopic (exact) mass is 207 g/mol. The maximum atomic E-state index is 12.7. The van der Waals surface area contributed by atoms with Crippen LogP contribution in [0.25, 0.3) is 0 Å². The predicted molar refractivity (Wildman–Crippen MR) is 50.5 cm³/mol. The van der Waals surface area contributed by atoms with E-state index in [1.165, 1.54) is 6.07 Å². The second-order valence-corrected chi connectivity index (χ2v) is 3.06. The molecule has 0 atom stereocenters. The third-order valence-electron chi connectivity index (χ3n) is 1.52. The van der Waals surface area contributed by atoms with Gasteiger partial charge in [-0.3, -0.25) is 0 Å². The van der Waals surface area contributed by atoms with Crippen LogP contribution >= 0.6 is 23.2 Å². The zero-order chi connectivity index (χ0) is 9.14. The van der Waals surface area contributed by atoms with Crippen LogP contribution in [0.3, 0.4) is 0 Å². The van der Waals surface area contributed by atoms with Gasteiger partial charge in [-0.2, -0.15) is 0 Å². The van der Waals surface area contributed by atoms with Crippen molar-refractivity contribution in [2.45, 2.75) is 0 Å². The van der Waals surface area contributed by atoms with E-state index in [1.807, 2.05) is 0 Å². The maximum Gasteiger partial charge on any atom is 0.141 e. The first kappa shape index (κ1) is 9.62. The summed E-state index contributed by atoms with van der Waals surface area (Å²) in [5.41, 5.74) is 0.802. The molecular formula is C8H8Cl2FN. The van der Waals surface area contributed by atoms with Crippen molar-refractivity contribution in [1.82, 2.24) is 0 Å². The Bertz CT molecular complexity index is 278. The van der Waals surface area contributed by atoms with Gasteiger partial charge in [0, 0.05) is 12.7 Å². The highest BCUT2D eigenvalue weighted by molar-refractivity contribution is 6.31. The summed E-state index contributed by atoms with van der Waals surface area (Å²) in [6, 6.07) is 4.84. The highest BCUT2D eigenvalue weighted by Gasteiger charge is 2.03. The zero-order valence-electron chi connectivity index (χ0n) is 6.52. The first-order valence-corrected chi connectivity index (χ1v) is 4.28. The van der Waals surface area contributed by atoms with Gasteiger partial charge >= 0.3 is 0 Å². The van der Waals surface area contributed by atoms with Crippen molar-refractivity contribution >= 4 is 28.9 Å². The first-order valence-electron chi connectivity index (χ1n) is 3.37. The molecule has 0 aliphatic rings. The normalized spacial score (nSPS) is 10.0. The van der Waals surface area contributed by atoms with Crippen molar-refractivity contribution < 1.29 is 4.39 Å². The lowest BCUT2D eigenvalue weighted by atomic mass is 10.3. The van der Waals surface area contributed by atoms with Gasteiger partial charge in [-0.25, -0.2) is 4.39 Å². The summed E-state index contributed by atoms with van der Waals surface area (Å²) < 4.78 is 12.7. The number of rotatable bonds is 2. The van der Waals surface area contributed by atoms with Gasteiger partial charge in [-0.05, 0) is 18.2 Å². The van der Waals surface area contributed by atoms with Crippen molar-refractivity contribution in [3.8, 4) is 0 Å². The fourth-order valence-corrected chi connectivity index (χ4v) is 1.10. The van der Waals surface area contributed by atoms with E-state index >= 15 is 0 Å². The van der Waals surface area contributed by atoms with E-state index in [1.54, 1.807) is 24.1 Å². The lowest BCUT2D eigenvalue weighted by Gasteiger charge is -2.15. The van der Waals surface area contributed by atoms with E-state index in [2.05, 4.69) is 0 Å². The van der Waals surface area contributed by atoms with E-state index in [0.717, 1.165) is 5.69 Å². The molecule has 0 radical (unpaired) electrons. The first-order chi connectivity index (χ1) is 5.65. The van der Waals surface area contributed by atoms with Crippen LogP contribution in [0.1, 0.15) is 0 Å². The SMILES string of the molecule is CN(CCl)c1ccc(F)c(Cl)c1. The van der Waals surface area contributed by atoms with Gasteiger partial charge in [0.05, 0.1) is 11.0 Å². The third-order valence-corrected chi connectivity index (χ3v) is 2.17.